The number of carbonyl (C=O) groups is 1. The van der Waals surface area contributed by atoms with E-state index < -0.39 is 17.7 Å². The lowest BCUT2D eigenvalue weighted by atomic mass is 10.1. The van der Waals surface area contributed by atoms with Crippen LogP contribution in [0.15, 0.2) is 51.6 Å². The highest BCUT2D eigenvalue weighted by Gasteiger charge is 2.31. The maximum absolute atomic E-state index is 13.1. The number of carbonyl (C=O) groups excluding carboxylic acids is 1. The first kappa shape index (κ1) is 20.3. The van der Waals surface area contributed by atoms with Gasteiger partial charge in [0.1, 0.15) is 17.9 Å². The smallest absolute Gasteiger partial charge is 0.416 e. The third-order valence-corrected chi connectivity index (χ3v) is 4.62. The van der Waals surface area contributed by atoms with Crippen molar-refractivity contribution in [3.8, 4) is 5.75 Å². The Labute approximate surface area is 167 Å². The van der Waals surface area contributed by atoms with E-state index in [-0.39, 0.29) is 25.4 Å². The predicted molar refractivity (Wildman–Crippen MR) is 100 cm³/mol. The van der Waals surface area contributed by atoms with E-state index in [1.165, 1.54) is 13.0 Å². The molecule has 0 N–H and O–H groups in total. The molecule has 0 radical (unpaired) electrons. The number of benzene rings is 2. The summed E-state index contributed by atoms with van der Waals surface area (Å²) in [7, 11) is 0. The summed E-state index contributed by atoms with van der Waals surface area (Å²) >= 11 is 3.41. The largest absolute Gasteiger partial charge is 0.489 e. The fraction of sp³-hybridized carbons (Fsp3) is 0.250. The highest BCUT2D eigenvalue weighted by atomic mass is 79.9. The van der Waals surface area contributed by atoms with Gasteiger partial charge in [-0.15, -0.1) is 0 Å². The first-order valence-corrected chi connectivity index (χ1v) is 9.15. The third kappa shape index (κ3) is 4.86. The van der Waals surface area contributed by atoms with Crippen LogP contribution in [0.2, 0.25) is 0 Å². The van der Waals surface area contributed by atoms with E-state index in [1.54, 1.807) is 18.4 Å². The summed E-state index contributed by atoms with van der Waals surface area (Å²) in [6.07, 6.45) is -2.68. The van der Waals surface area contributed by atoms with Gasteiger partial charge in [0, 0.05) is 18.7 Å². The molecule has 0 saturated heterocycles. The van der Waals surface area contributed by atoms with Crippen LogP contribution in [-0.2, 0) is 28.7 Å². The van der Waals surface area contributed by atoms with E-state index in [1.807, 2.05) is 6.07 Å². The molecule has 1 aromatic heterocycles. The number of fused-ring (bicyclic) bond motifs is 1. The first-order valence-electron chi connectivity index (χ1n) is 8.36. The average Bonchev–Trinajstić information content (AvgIpc) is 3.08. The van der Waals surface area contributed by atoms with Gasteiger partial charge in [-0.25, -0.2) is 0 Å². The quantitative estimate of drug-likeness (QED) is 0.433. The van der Waals surface area contributed by atoms with Gasteiger partial charge in [0.05, 0.1) is 22.9 Å². The molecule has 0 saturated carbocycles. The van der Waals surface area contributed by atoms with Crippen molar-refractivity contribution >= 4 is 32.9 Å². The molecule has 0 unspecified atom stereocenters. The second kappa shape index (κ2) is 8.26. The van der Waals surface area contributed by atoms with Crippen LogP contribution in [0.25, 0.3) is 11.0 Å². The van der Waals surface area contributed by atoms with Crippen LogP contribution in [0, 0.1) is 0 Å². The molecule has 0 atom stereocenters. The van der Waals surface area contributed by atoms with Gasteiger partial charge >= 0.3 is 12.1 Å². The van der Waals surface area contributed by atoms with Gasteiger partial charge in [0.15, 0.2) is 0 Å². The van der Waals surface area contributed by atoms with Crippen LogP contribution < -0.4 is 4.74 Å². The van der Waals surface area contributed by atoms with Crippen LogP contribution in [-0.4, -0.2) is 12.6 Å². The van der Waals surface area contributed by atoms with Crippen molar-refractivity contribution in [2.24, 2.45) is 0 Å². The Morgan fingerprint density at radius 3 is 2.68 bits per heavy atom. The van der Waals surface area contributed by atoms with Gasteiger partial charge in [-0.1, -0.05) is 6.07 Å². The van der Waals surface area contributed by atoms with Crippen molar-refractivity contribution < 1.29 is 31.9 Å². The van der Waals surface area contributed by atoms with Gasteiger partial charge in [-0.2, -0.15) is 13.2 Å². The summed E-state index contributed by atoms with van der Waals surface area (Å²) in [5, 5.41) is 0.854. The maximum Gasteiger partial charge on any atom is 0.416 e. The molecular weight excluding hydrogens is 441 g/mol. The lowest BCUT2D eigenvalue weighted by Gasteiger charge is -2.15. The highest BCUT2D eigenvalue weighted by Crippen LogP contribution is 2.34. The number of hydrogen-bond donors (Lipinski definition) is 0. The zero-order valence-electron chi connectivity index (χ0n) is 14.8. The van der Waals surface area contributed by atoms with Gasteiger partial charge in [0.2, 0.25) is 0 Å². The molecule has 0 amide bonds. The molecule has 0 aliphatic rings. The van der Waals surface area contributed by atoms with Gasteiger partial charge in [-0.3, -0.25) is 4.79 Å². The molecule has 148 valence electrons. The molecule has 3 rings (SSSR count). The molecular formula is C20H16BrF3O4. The Hall–Kier alpha value is -2.48. The Morgan fingerprint density at radius 1 is 1.18 bits per heavy atom. The number of ether oxygens (including phenoxy) is 2. The Morgan fingerprint density at radius 2 is 1.96 bits per heavy atom. The topological polar surface area (TPSA) is 48.7 Å². The molecule has 3 aromatic rings. The molecule has 1 heterocycles. The number of rotatable bonds is 6. The van der Waals surface area contributed by atoms with Gasteiger partial charge < -0.3 is 13.9 Å². The average molecular weight is 457 g/mol. The Balaban J connectivity index is 1.83. The van der Waals surface area contributed by atoms with Crippen molar-refractivity contribution in [3.63, 3.8) is 0 Å². The number of alkyl halides is 3. The van der Waals surface area contributed by atoms with E-state index in [0.29, 0.717) is 11.1 Å². The lowest BCUT2D eigenvalue weighted by Crippen LogP contribution is -2.09. The number of hydrogen-bond acceptors (Lipinski definition) is 4. The van der Waals surface area contributed by atoms with E-state index in [0.717, 1.165) is 27.6 Å². The first-order chi connectivity index (χ1) is 13.2. The van der Waals surface area contributed by atoms with Crippen LogP contribution >= 0.6 is 15.9 Å². The number of esters is 1. The van der Waals surface area contributed by atoms with Crippen molar-refractivity contribution in [2.45, 2.75) is 26.1 Å². The van der Waals surface area contributed by atoms with E-state index in [4.69, 9.17) is 13.9 Å². The summed E-state index contributed by atoms with van der Waals surface area (Å²) in [6, 6.07) is 8.72. The fourth-order valence-electron chi connectivity index (χ4n) is 2.72. The van der Waals surface area contributed by atoms with Crippen LogP contribution in [0.5, 0.6) is 5.75 Å². The van der Waals surface area contributed by atoms with E-state index in [9.17, 15) is 18.0 Å². The van der Waals surface area contributed by atoms with Crippen molar-refractivity contribution in [3.05, 3.63) is 63.8 Å². The summed E-state index contributed by atoms with van der Waals surface area (Å²) in [5.41, 5.74) is 1.18. The molecule has 8 heteroatoms. The molecule has 0 aliphatic carbocycles. The summed E-state index contributed by atoms with van der Waals surface area (Å²) in [5.74, 6) is -0.349. The van der Waals surface area contributed by atoms with Crippen molar-refractivity contribution in [1.29, 1.82) is 0 Å². The standard InChI is InChI=1S/C20H16BrF3O4/c1-12(25)26-6-4-14-2-3-16(20(22,23)24)10-18(14)28-11-13-8-15-5-7-27-19(15)17(21)9-13/h2-3,5,7-10H,4,6,11H2,1H3. The minimum Gasteiger partial charge on any atom is -0.489 e. The second-order valence-electron chi connectivity index (χ2n) is 6.12. The summed E-state index contributed by atoms with van der Waals surface area (Å²) in [6.45, 7) is 1.40. The molecule has 0 spiro atoms. The van der Waals surface area contributed by atoms with Gasteiger partial charge in [-0.05, 0) is 57.4 Å². The normalized spacial score (nSPS) is 11.6. The Bertz CT molecular complexity index is 995. The van der Waals surface area contributed by atoms with Crippen LogP contribution in [0.4, 0.5) is 13.2 Å². The zero-order chi connectivity index (χ0) is 20.3. The minimum atomic E-state index is -4.48. The summed E-state index contributed by atoms with van der Waals surface area (Å²) < 4.78 is 55.9. The predicted octanol–water partition coefficient (Wildman–Crippen LogP) is 5.90. The van der Waals surface area contributed by atoms with Gasteiger partial charge in [0.25, 0.3) is 0 Å². The minimum absolute atomic E-state index is 0.0591. The molecule has 0 fully saturated rings. The SMILES string of the molecule is CC(=O)OCCc1ccc(C(F)(F)F)cc1OCc1cc(Br)c2occc2c1. The maximum atomic E-state index is 13.1. The second-order valence-corrected chi connectivity index (χ2v) is 6.97. The highest BCUT2D eigenvalue weighted by molar-refractivity contribution is 9.10. The van der Waals surface area contributed by atoms with E-state index in [2.05, 4.69) is 15.9 Å². The molecule has 0 aliphatic heterocycles. The zero-order valence-corrected chi connectivity index (χ0v) is 16.4. The van der Waals surface area contributed by atoms with Crippen molar-refractivity contribution in [1.82, 2.24) is 0 Å². The summed E-state index contributed by atoms with van der Waals surface area (Å²) in [4.78, 5) is 10.9. The molecule has 0 bridgehead atoms. The van der Waals surface area contributed by atoms with Crippen molar-refractivity contribution in [2.75, 3.05) is 6.61 Å². The number of halogens is 4. The molecule has 2 aromatic carbocycles. The van der Waals surface area contributed by atoms with Crippen LogP contribution in [0.1, 0.15) is 23.6 Å². The third-order valence-electron chi connectivity index (χ3n) is 4.03. The Kier molecular flexibility index (Phi) is 5.98. The van der Waals surface area contributed by atoms with Crippen LogP contribution in [0.3, 0.4) is 0 Å². The fourth-order valence-corrected chi connectivity index (χ4v) is 3.33. The molecule has 28 heavy (non-hydrogen) atoms. The number of furan rings is 1. The molecule has 4 nitrogen and oxygen atoms in total. The monoisotopic (exact) mass is 456 g/mol. The lowest BCUT2D eigenvalue weighted by molar-refractivity contribution is -0.140. The van der Waals surface area contributed by atoms with E-state index >= 15 is 0 Å².